The van der Waals surface area contributed by atoms with E-state index in [1.807, 2.05) is 0 Å². The zero-order valence-electron chi connectivity index (χ0n) is 7.84. The van der Waals surface area contributed by atoms with Gasteiger partial charge in [-0.15, -0.1) is 0 Å². The molecule has 1 aliphatic heterocycles. The molecule has 0 aromatic heterocycles. The second-order valence-corrected chi connectivity index (χ2v) is 2.73. The van der Waals surface area contributed by atoms with E-state index in [1.165, 1.54) is 11.3 Å². The Bertz CT molecular complexity index is 122. The summed E-state index contributed by atoms with van der Waals surface area (Å²) >= 11 is 0. The summed E-state index contributed by atoms with van der Waals surface area (Å²) in [6.07, 6.45) is 0.441. The first-order valence-corrected chi connectivity index (χ1v) is 4.41. The van der Waals surface area contributed by atoms with Gasteiger partial charge in [-0.3, -0.25) is 0 Å². The fourth-order valence-corrected chi connectivity index (χ4v) is 0.856. The summed E-state index contributed by atoms with van der Waals surface area (Å²) in [5, 5.41) is 11.5. The fourth-order valence-electron chi connectivity index (χ4n) is 0.856. The topological polar surface area (TPSA) is 52.6 Å². The average Bonchev–Trinajstić information content (AvgIpc) is 2.07. The molecule has 1 aliphatic rings. The fraction of sp³-hybridized carbons (Fsp3) is 0.875. The van der Waals surface area contributed by atoms with Crippen molar-refractivity contribution in [3.8, 4) is 0 Å². The van der Waals surface area contributed by atoms with E-state index in [1.54, 1.807) is 0 Å². The molecule has 1 heterocycles. The van der Waals surface area contributed by atoms with Crippen molar-refractivity contribution in [1.82, 2.24) is 10.2 Å². The first kappa shape index (κ1) is 11.2. The van der Waals surface area contributed by atoms with Gasteiger partial charge in [0.2, 0.25) is 0 Å². The van der Waals surface area contributed by atoms with Gasteiger partial charge in [-0.2, -0.15) is 0 Å². The molecule has 4 nitrogen and oxygen atoms in total. The molecule has 0 aromatic carbocycles. The molecular weight excluding hydrogens is 156 g/mol. The van der Waals surface area contributed by atoms with E-state index in [-0.39, 0.29) is 0 Å². The highest BCUT2D eigenvalue weighted by Gasteiger charge is 2.13. The SMILES string of the molecule is CCC.O=C(O)N1CCNCC1. The van der Waals surface area contributed by atoms with Crippen LogP contribution in [0, 0.1) is 0 Å². The molecule has 12 heavy (non-hydrogen) atoms. The lowest BCUT2D eigenvalue weighted by molar-refractivity contribution is 0.139. The van der Waals surface area contributed by atoms with Gasteiger partial charge < -0.3 is 15.3 Å². The van der Waals surface area contributed by atoms with Crippen LogP contribution < -0.4 is 5.32 Å². The van der Waals surface area contributed by atoms with Crippen LogP contribution >= 0.6 is 0 Å². The lowest BCUT2D eigenvalue weighted by Gasteiger charge is -2.23. The Morgan fingerprint density at radius 1 is 1.42 bits per heavy atom. The third-order valence-electron chi connectivity index (χ3n) is 1.39. The Kier molecular flexibility index (Phi) is 6.47. The number of nitrogens with one attached hydrogen (secondary N) is 1. The number of carbonyl (C=O) groups is 1. The number of hydrogen-bond acceptors (Lipinski definition) is 2. The first-order valence-electron chi connectivity index (χ1n) is 4.41. The summed E-state index contributed by atoms with van der Waals surface area (Å²) < 4.78 is 0. The Morgan fingerprint density at radius 2 is 1.83 bits per heavy atom. The van der Waals surface area contributed by atoms with Crippen molar-refractivity contribution in [3.63, 3.8) is 0 Å². The summed E-state index contributed by atoms with van der Waals surface area (Å²) in [4.78, 5) is 11.7. The predicted octanol–water partition coefficient (Wildman–Crippen LogP) is 0.986. The standard InChI is InChI=1S/C5H10N2O2.C3H8/c8-5(9)7-3-1-6-2-4-7;1-3-2/h6H,1-4H2,(H,8,9);3H2,1-2H3. The molecule has 0 bridgehead atoms. The Hall–Kier alpha value is -0.770. The molecule has 0 unspecified atom stereocenters. The van der Waals surface area contributed by atoms with Gasteiger partial charge in [-0.25, -0.2) is 4.79 Å². The Morgan fingerprint density at radius 3 is 2.08 bits per heavy atom. The minimum atomic E-state index is -0.809. The van der Waals surface area contributed by atoms with E-state index < -0.39 is 6.09 Å². The van der Waals surface area contributed by atoms with E-state index in [9.17, 15) is 4.79 Å². The predicted molar refractivity (Wildman–Crippen MR) is 48.4 cm³/mol. The summed E-state index contributed by atoms with van der Waals surface area (Å²) in [6.45, 7) is 7.06. The zero-order valence-corrected chi connectivity index (χ0v) is 7.84. The molecule has 0 spiro atoms. The normalized spacial score (nSPS) is 16.3. The third-order valence-corrected chi connectivity index (χ3v) is 1.39. The van der Waals surface area contributed by atoms with Gasteiger partial charge in [0.1, 0.15) is 0 Å². The molecule has 1 fully saturated rings. The van der Waals surface area contributed by atoms with Gasteiger partial charge in [0.25, 0.3) is 0 Å². The van der Waals surface area contributed by atoms with Crippen molar-refractivity contribution in [2.75, 3.05) is 26.2 Å². The maximum atomic E-state index is 10.3. The maximum Gasteiger partial charge on any atom is 0.407 e. The Balaban J connectivity index is 0.000000354. The molecule has 0 saturated carbocycles. The van der Waals surface area contributed by atoms with E-state index in [0.29, 0.717) is 13.1 Å². The highest BCUT2D eigenvalue weighted by Crippen LogP contribution is 1.90. The quantitative estimate of drug-likeness (QED) is 0.575. The van der Waals surface area contributed by atoms with Gasteiger partial charge in [-0.05, 0) is 0 Å². The van der Waals surface area contributed by atoms with Gasteiger partial charge in [0.15, 0.2) is 0 Å². The summed E-state index contributed by atoms with van der Waals surface area (Å²) in [5.74, 6) is 0. The smallest absolute Gasteiger partial charge is 0.407 e. The van der Waals surface area contributed by atoms with E-state index in [2.05, 4.69) is 19.2 Å². The molecule has 1 rings (SSSR count). The molecule has 2 N–H and O–H groups in total. The molecule has 0 atom stereocenters. The van der Waals surface area contributed by atoms with Crippen molar-refractivity contribution in [2.24, 2.45) is 0 Å². The molecule has 1 amide bonds. The molecule has 0 radical (unpaired) electrons. The number of nitrogens with zero attached hydrogens (tertiary/aromatic N) is 1. The van der Waals surface area contributed by atoms with Crippen molar-refractivity contribution >= 4 is 6.09 Å². The van der Waals surface area contributed by atoms with Crippen LogP contribution in [-0.2, 0) is 0 Å². The minimum absolute atomic E-state index is 0.620. The van der Waals surface area contributed by atoms with Crippen LogP contribution in [-0.4, -0.2) is 42.3 Å². The van der Waals surface area contributed by atoms with E-state index in [0.717, 1.165) is 13.1 Å². The van der Waals surface area contributed by atoms with Crippen molar-refractivity contribution in [1.29, 1.82) is 0 Å². The van der Waals surface area contributed by atoms with Crippen LogP contribution in [0.3, 0.4) is 0 Å². The summed E-state index contributed by atoms with van der Waals surface area (Å²) in [6, 6.07) is 0. The maximum absolute atomic E-state index is 10.3. The van der Waals surface area contributed by atoms with Crippen LogP contribution in [0.4, 0.5) is 4.79 Å². The van der Waals surface area contributed by atoms with Crippen LogP contribution in [0.25, 0.3) is 0 Å². The number of amides is 1. The second-order valence-electron chi connectivity index (χ2n) is 2.73. The van der Waals surface area contributed by atoms with Gasteiger partial charge in [-0.1, -0.05) is 20.3 Å². The van der Waals surface area contributed by atoms with Crippen molar-refractivity contribution < 1.29 is 9.90 Å². The highest BCUT2D eigenvalue weighted by atomic mass is 16.4. The van der Waals surface area contributed by atoms with Crippen LogP contribution in [0.2, 0.25) is 0 Å². The molecular formula is C8H18N2O2. The Labute approximate surface area is 73.6 Å². The van der Waals surface area contributed by atoms with Gasteiger partial charge >= 0.3 is 6.09 Å². The zero-order chi connectivity index (χ0) is 9.40. The third kappa shape index (κ3) is 4.96. The first-order chi connectivity index (χ1) is 5.72. The average molecular weight is 174 g/mol. The van der Waals surface area contributed by atoms with Crippen LogP contribution in [0.5, 0.6) is 0 Å². The van der Waals surface area contributed by atoms with Gasteiger partial charge in [0, 0.05) is 26.2 Å². The molecule has 1 saturated heterocycles. The number of hydrogen-bond donors (Lipinski definition) is 2. The summed E-state index contributed by atoms with van der Waals surface area (Å²) in [5.41, 5.74) is 0. The van der Waals surface area contributed by atoms with Crippen LogP contribution in [0.1, 0.15) is 20.3 Å². The monoisotopic (exact) mass is 174 g/mol. The lowest BCUT2D eigenvalue weighted by Crippen LogP contribution is -2.45. The van der Waals surface area contributed by atoms with Crippen molar-refractivity contribution in [3.05, 3.63) is 0 Å². The molecule has 4 heteroatoms. The second kappa shape index (κ2) is 6.91. The number of carboxylic acid groups (broad SMARTS) is 1. The molecule has 72 valence electrons. The molecule has 0 aromatic rings. The molecule has 0 aliphatic carbocycles. The highest BCUT2D eigenvalue weighted by molar-refractivity contribution is 5.65. The number of piperazine rings is 1. The van der Waals surface area contributed by atoms with E-state index in [4.69, 9.17) is 5.11 Å². The van der Waals surface area contributed by atoms with Crippen LogP contribution in [0.15, 0.2) is 0 Å². The van der Waals surface area contributed by atoms with E-state index >= 15 is 0 Å². The minimum Gasteiger partial charge on any atom is -0.465 e. The van der Waals surface area contributed by atoms with Crippen molar-refractivity contribution in [2.45, 2.75) is 20.3 Å². The largest absolute Gasteiger partial charge is 0.465 e. The number of rotatable bonds is 0. The lowest BCUT2D eigenvalue weighted by atomic mass is 10.4. The van der Waals surface area contributed by atoms with Gasteiger partial charge in [0.05, 0.1) is 0 Å². The summed E-state index contributed by atoms with van der Waals surface area (Å²) in [7, 11) is 0.